The summed E-state index contributed by atoms with van der Waals surface area (Å²) in [4.78, 5) is 20.2. The minimum absolute atomic E-state index is 0.0537. The molecule has 0 bridgehead atoms. The zero-order valence-electron chi connectivity index (χ0n) is 17.2. The number of carbonyl (C=O) groups excluding carboxylic acids is 1. The lowest BCUT2D eigenvalue weighted by molar-refractivity contribution is -0.126. The second kappa shape index (κ2) is 8.39. The van der Waals surface area contributed by atoms with E-state index in [-0.39, 0.29) is 5.91 Å². The monoisotopic (exact) mass is 430 g/mol. The third-order valence-corrected chi connectivity index (χ3v) is 6.82. The molecule has 1 fully saturated rings. The number of aryl methyl sites for hydroxylation is 1. The number of piperidine rings is 1. The fraction of sp³-hybridized carbons (Fsp3) is 0.261. The van der Waals surface area contributed by atoms with Crippen LogP contribution in [0, 0.1) is 6.92 Å². The molecule has 0 N–H and O–H groups in total. The fourth-order valence-electron chi connectivity index (χ4n) is 3.93. The van der Waals surface area contributed by atoms with E-state index in [0.29, 0.717) is 30.5 Å². The van der Waals surface area contributed by atoms with Gasteiger partial charge in [0.2, 0.25) is 0 Å². The number of rotatable bonds is 4. The van der Waals surface area contributed by atoms with Crippen molar-refractivity contribution in [1.29, 1.82) is 0 Å². The molecule has 0 spiro atoms. The number of nitrogens with zero attached hydrogens (tertiary/aromatic N) is 6. The van der Waals surface area contributed by atoms with Crippen molar-refractivity contribution in [2.24, 2.45) is 0 Å². The van der Waals surface area contributed by atoms with Gasteiger partial charge in [0.25, 0.3) is 5.91 Å². The first-order valence-corrected chi connectivity index (χ1v) is 11.2. The van der Waals surface area contributed by atoms with Crippen LogP contribution < -0.4 is 0 Å². The normalized spacial score (nSPS) is 15.5. The standard InChI is InChI=1S/C23H22N6OS/c1-16-25-26-27-29(16)20(15-17-7-3-2-4-8-17)23(30)28-13-11-18(12-14-28)22-24-19-9-5-6-10-21(19)31-22/h2-10,15,18H,11-14H2,1H3/b20-15-. The van der Waals surface area contributed by atoms with E-state index in [2.05, 4.69) is 27.7 Å². The van der Waals surface area contributed by atoms with Gasteiger partial charge in [-0.2, -0.15) is 4.68 Å². The topological polar surface area (TPSA) is 76.8 Å². The van der Waals surface area contributed by atoms with E-state index < -0.39 is 0 Å². The van der Waals surface area contributed by atoms with Crippen LogP contribution in [0.1, 0.15) is 35.2 Å². The molecule has 1 aliphatic heterocycles. The maximum atomic E-state index is 13.5. The maximum absolute atomic E-state index is 13.5. The third kappa shape index (κ3) is 3.98. The number of amides is 1. The van der Waals surface area contributed by atoms with Crippen LogP contribution in [0.25, 0.3) is 22.0 Å². The van der Waals surface area contributed by atoms with Crippen LogP contribution in [-0.2, 0) is 4.79 Å². The van der Waals surface area contributed by atoms with Gasteiger partial charge in [-0.1, -0.05) is 42.5 Å². The van der Waals surface area contributed by atoms with Gasteiger partial charge in [-0.3, -0.25) is 4.79 Å². The molecule has 0 atom stereocenters. The van der Waals surface area contributed by atoms with Crippen LogP contribution in [0.5, 0.6) is 0 Å². The number of fused-ring (bicyclic) bond motifs is 1. The highest BCUT2D eigenvalue weighted by molar-refractivity contribution is 7.18. The summed E-state index contributed by atoms with van der Waals surface area (Å²) in [5.74, 6) is 0.916. The lowest BCUT2D eigenvalue weighted by Crippen LogP contribution is -2.39. The molecular weight excluding hydrogens is 408 g/mol. The molecule has 5 rings (SSSR count). The Kier molecular flexibility index (Phi) is 5.30. The Hall–Kier alpha value is -3.39. The Morgan fingerprint density at radius 1 is 1.06 bits per heavy atom. The fourth-order valence-corrected chi connectivity index (χ4v) is 5.07. The van der Waals surface area contributed by atoms with E-state index in [4.69, 9.17) is 4.98 Å². The first kappa shape index (κ1) is 19.6. The molecule has 1 saturated heterocycles. The highest BCUT2D eigenvalue weighted by atomic mass is 32.1. The molecule has 1 aliphatic rings. The van der Waals surface area contributed by atoms with Crippen LogP contribution in [0.15, 0.2) is 54.6 Å². The van der Waals surface area contributed by atoms with Crippen LogP contribution in [0.3, 0.4) is 0 Å². The van der Waals surface area contributed by atoms with Crippen molar-refractivity contribution in [3.8, 4) is 0 Å². The summed E-state index contributed by atoms with van der Waals surface area (Å²) in [6, 6.07) is 18.0. The van der Waals surface area contributed by atoms with Crippen molar-refractivity contribution >= 4 is 39.2 Å². The number of thiazole rings is 1. The van der Waals surface area contributed by atoms with Crippen molar-refractivity contribution < 1.29 is 4.79 Å². The number of tetrazole rings is 1. The Labute approximate surface area is 184 Å². The van der Waals surface area contributed by atoms with E-state index >= 15 is 0 Å². The predicted molar refractivity (Wildman–Crippen MR) is 121 cm³/mol. The first-order valence-electron chi connectivity index (χ1n) is 10.4. The maximum Gasteiger partial charge on any atom is 0.272 e. The number of para-hydroxylation sites is 1. The van der Waals surface area contributed by atoms with Crippen LogP contribution in [-0.4, -0.2) is 49.1 Å². The Bertz CT molecular complexity index is 1200. The molecule has 8 heteroatoms. The number of carbonyl (C=O) groups is 1. The van der Waals surface area contributed by atoms with Crippen molar-refractivity contribution in [3.05, 3.63) is 71.0 Å². The number of benzene rings is 2. The quantitative estimate of drug-likeness (QED) is 0.458. The summed E-state index contributed by atoms with van der Waals surface area (Å²) in [5.41, 5.74) is 2.46. The molecule has 4 aromatic rings. The van der Waals surface area contributed by atoms with Gasteiger partial charge in [0, 0.05) is 19.0 Å². The van der Waals surface area contributed by atoms with Gasteiger partial charge < -0.3 is 4.90 Å². The number of hydrogen-bond donors (Lipinski definition) is 0. The summed E-state index contributed by atoms with van der Waals surface area (Å²) < 4.78 is 2.74. The molecule has 2 aromatic heterocycles. The second-order valence-corrected chi connectivity index (χ2v) is 8.73. The van der Waals surface area contributed by atoms with E-state index in [1.54, 1.807) is 18.3 Å². The average Bonchev–Trinajstić information content (AvgIpc) is 3.44. The van der Waals surface area contributed by atoms with Gasteiger partial charge in [-0.15, -0.1) is 16.4 Å². The van der Waals surface area contributed by atoms with Crippen molar-refractivity contribution in [1.82, 2.24) is 30.1 Å². The summed E-state index contributed by atoms with van der Waals surface area (Å²) in [6.45, 7) is 3.17. The molecule has 0 aliphatic carbocycles. The summed E-state index contributed by atoms with van der Waals surface area (Å²) in [5, 5.41) is 12.9. The highest BCUT2D eigenvalue weighted by Gasteiger charge is 2.29. The smallest absolute Gasteiger partial charge is 0.272 e. The van der Waals surface area contributed by atoms with E-state index in [1.165, 1.54) is 14.4 Å². The molecule has 0 saturated carbocycles. The molecule has 3 heterocycles. The summed E-state index contributed by atoms with van der Waals surface area (Å²) >= 11 is 1.76. The van der Waals surface area contributed by atoms with E-state index in [9.17, 15) is 4.79 Å². The van der Waals surface area contributed by atoms with Crippen LogP contribution in [0.2, 0.25) is 0 Å². The number of hydrogen-bond acceptors (Lipinski definition) is 6. The molecular formula is C23H22N6OS. The lowest BCUT2D eigenvalue weighted by Gasteiger charge is -2.31. The van der Waals surface area contributed by atoms with Gasteiger partial charge in [-0.25, -0.2) is 4.98 Å². The SMILES string of the molecule is Cc1nnnn1/C(=C\c1ccccc1)C(=O)N1CCC(c2nc3ccccc3s2)CC1. The van der Waals surface area contributed by atoms with E-state index in [1.807, 2.05) is 53.4 Å². The lowest BCUT2D eigenvalue weighted by atomic mass is 9.97. The molecule has 31 heavy (non-hydrogen) atoms. The van der Waals surface area contributed by atoms with Crippen molar-refractivity contribution in [2.45, 2.75) is 25.7 Å². The Morgan fingerprint density at radius 2 is 1.81 bits per heavy atom. The molecule has 0 unspecified atom stereocenters. The Balaban J connectivity index is 1.36. The van der Waals surface area contributed by atoms with Crippen LogP contribution in [0.4, 0.5) is 0 Å². The van der Waals surface area contributed by atoms with Crippen molar-refractivity contribution in [2.75, 3.05) is 13.1 Å². The predicted octanol–water partition coefficient (Wildman–Crippen LogP) is 4.00. The zero-order valence-corrected chi connectivity index (χ0v) is 18.0. The second-order valence-electron chi connectivity index (χ2n) is 7.66. The average molecular weight is 431 g/mol. The molecule has 7 nitrogen and oxygen atoms in total. The highest BCUT2D eigenvalue weighted by Crippen LogP contribution is 2.34. The molecule has 156 valence electrons. The summed E-state index contributed by atoms with van der Waals surface area (Å²) in [7, 11) is 0. The van der Waals surface area contributed by atoms with Crippen molar-refractivity contribution in [3.63, 3.8) is 0 Å². The number of likely N-dealkylation sites (tertiary alicyclic amines) is 1. The molecule has 2 aromatic carbocycles. The van der Waals surface area contributed by atoms with Gasteiger partial charge in [-0.05, 0) is 54.0 Å². The first-order chi connectivity index (χ1) is 15.2. The van der Waals surface area contributed by atoms with Gasteiger partial charge in [0.1, 0.15) is 5.70 Å². The summed E-state index contributed by atoms with van der Waals surface area (Å²) in [6.07, 6.45) is 3.66. The molecule has 1 amide bonds. The minimum Gasteiger partial charge on any atom is -0.337 e. The molecule has 0 radical (unpaired) electrons. The largest absolute Gasteiger partial charge is 0.337 e. The third-order valence-electron chi connectivity index (χ3n) is 5.62. The Morgan fingerprint density at radius 3 is 2.52 bits per heavy atom. The van der Waals surface area contributed by atoms with Crippen LogP contribution >= 0.6 is 11.3 Å². The van der Waals surface area contributed by atoms with Gasteiger partial charge in [0.15, 0.2) is 5.82 Å². The van der Waals surface area contributed by atoms with E-state index in [0.717, 1.165) is 23.9 Å². The zero-order chi connectivity index (χ0) is 21.2. The van der Waals surface area contributed by atoms with Gasteiger partial charge >= 0.3 is 0 Å². The number of aromatic nitrogens is 5. The van der Waals surface area contributed by atoms with Gasteiger partial charge in [0.05, 0.1) is 15.2 Å². The minimum atomic E-state index is -0.0537.